The number of hydrogen-bond donors (Lipinski definition) is 4. The van der Waals surface area contributed by atoms with E-state index in [1.54, 1.807) is 18.2 Å². The smallest absolute Gasteiger partial charge is 0.357 e. The summed E-state index contributed by atoms with van der Waals surface area (Å²) in [6.07, 6.45) is 0. The van der Waals surface area contributed by atoms with Crippen LogP contribution in [0.2, 0.25) is 0 Å². The number of carboxylic acid groups (broad SMARTS) is 1. The van der Waals surface area contributed by atoms with Gasteiger partial charge >= 0.3 is 5.97 Å². The van der Waals surface area contributed by atoms with Gasteiger partial charge in [-0.05, 0) is 12.1 Å². The molecule has 98 valence electrons. The number of nitrogens with one attached hydrogen (secondary N) is 1. The molecule has 1 rings (SSSR count). The van der Waals surface area contributed by atoms with Crippen LogP contribution in [-0.4, -0.2) is 25.2 Å². The van der Waals surface area contributed by atoms with Crippen LogP contribution in [0.4, 0.5) is 5.69 Å². The van der Waals surface area contributed by atoms with E-state index in [0.717, 1.165) is 5.69 Å². The highest BCUT2D eigenvalue weighted by atomic mass is 16.5. The highest BCUT2D eigenvalue weighted by molar-refractivity contribution is 5.85. The molecular weight excluding hydrogens is 236 g/mol. The van der Waals surface area contributed by atoms with Crippen LogP contribution in [0.25, 0.3) is 0 Å². The lowest BCUT2D eigenvalue weighted by atomic mass is 10.3. The molecule has 0 aliphatic rings. The minimum Gasteiger partial charge on any atom is -0.476 e. The number of hydrazine groups is 1. The summed E-state index contributed by atoms with van der Waals surface area (Å²) in [5.41, 5.74) is 7.85. The van der Waals surface area contributed by atoms with Crippen molar-refractivity contribution in [1.82, 2.24) is 5.43 Å². The number of anilines is 1. The summed E-state index contributed by atoms with van der Waals surface area (Å²) in [7, 11) is 3.76. The predicted octanol–water partition coefficient (Wildman–Crippen LogP) is -0.193. The van der Waals surface area contributed by atoms with Crippen molar-refractivity contribution in [1.29, 1.82) is 0 Å². The van der Waals surface area contributed by atoms with Gasteiger partial charge in [-0.1, -0.05) is 6.07 Å². The fourth-order valence-electron chi connectivity index (χ4n) is 1.20. The van der Waals surface area contributed by atoms with Crippen LogP contribution >= 0.6 is 0 Å². The van der Waals surface area contributed by atoms with Crippen LogP contribution in [0, 0.1) is 0 Å². The van der Waals surface area contributed by atoms with Crippen LogP contribution in [0.1, 0.15) is 0 Å². The van der Waals surface area contributed by atoms with E-state index >= 15 is 0 Å². The molecule has 0 spiro atoms. The second-order valence-corrected chi connectivity index (χ2v) is 3.69. The Labute approximate surface area is 105 Å². The lowest BCUT2D eigenvalue weighted by Gasteiger charge is -2.15. The third-order valence-corrected chi connectivity index (χ3v) is 2.16. The van der Waals surface area contributed by atoms with Crippen molar-refractivity contribution in [3.8, 4) is 5.75 Å². The first-order chi connectivity index (χ1) is 8.45. The van der Waals surface area contributed by atoms with Gasteiger partial charge in [-0.3, -0.25) is 5.43 Å². The average Bonchev–Trinajstić information content (AvgIpc) is 2.35. The van der Waals surface area contributed by atoms with Crippen molar-refractivity contribution in [2.75, 3.05) is 19.0 Å². The van der Waals surface area contributed by atoms with E-state index in [9.17, 15) is 4.79 Å². The van der Waals surface area contributed by atoms with Crippen LogP contribution in [-0.2, 0) is 4.79 Å². The first-order valence-corrected chi connectivity index (χ1v) is 5.10. The second-order valence-electron chi connectivity index (χ2n) is 3.69. The summed E-state index contributed by atoms with van der Waals surface area (Å²) >= 11 is 0. The summed E-state index contributed by atoms with van der Waals surface area (Å²) in [6, 6.07) is 7.05. The summed E-state index contributed by atoms with van der Waals surface area (Å²) < 4.78 is 5.29. The molecule has 0 saturated heterocycles. The third kappa shape index (κ3) is 3.29. The minimum atomic E-state index is -1.31. The zero-order valence-electron chi connectivity index (χ0n) is 10.2. The van der Waals surface area contributed by atoms with E-state index in [-0.39, 0.29) is 5.88 Å². The summed E-state index contributed by atoms with van der Waals surface area (Å²) in [5, 5.41) is 8.74. The fraction of sp³-hybridized carbons (Fsp3) is 0.182. The van der Waals surface area contributed by atoms with E-state index in [1.807, 2.05) is 25.1 Å². The Morgan fingerprint density at radius 3 is 2.61 bits per heavy atom. The molecule has 0 saturated carbocycles. The molecule has 0 aliphatic heterocycles. The normalized spacial score (nSPS) is 11.5. The molecule has 7 heteroatoms. The molecule has 6 N–H and O–H groups in total. The molecule has 0 radical (unpaired) electrons. The third-order valence-electron chi connectivity index (χ3n) is 2.16. The Morgan fingerprint density at radius 1 is 1.44 bits per heavy atom. The maximum absolute atomic E-state index is 10.7. The van der Waals surface area contributed by atoms with E-state index < -0.39 is 11.7 Å². The monoisotopic (exact) mass is 252 g/mol. The van der Waals surface area contributed by atoms with Crippen LogP contribution in [0.5, 0.6) is 5.75 Å². The predicted molar refractivity (Wildman–Crippen MR) is 67.6 cm³/mol. The van der Waals surface area contributed by atoms with Crippen molar-refractivity contribution in [2.24, 2.45) is 11.6 Å². The molecule has 0 amide bonds. The molecular formula is C11H16N4O3. The first-order valence-electron chi connectivity index (χ1n) is 5.10. The van der Waals surface area contributed by atoms with Crippen LogP contribution < -0.4 is 26.6 Å². The highest BCUT2D eigenvalue weighted by Gasteiger charge is 2.12. The number of ether oxygens (including phenoxy) is 1. The fourth-order valence-corrected chi connectivity index (χ4v) is 1.20. The maximum atomic E-state index is 10.7. The number of carboxylic acids is 1. The molecule has 0 bridgehead atoms. The van der Waals surface area contributed by atoms with E-state index in [4.69, 9.17) is 21.4 Å². The number of nitrogens with zero attached hydrogens (tertiary/aromatic N) is 1. The highest BCUT2D eigenvalue weighted by Crippen LogP contribution is 2.20. The molecule has 0 fully saturated rings. The molecule has 0 aromatic heterocycles. The first kappa shape index (κ1) is 13.7. The Morgan fingerprint density at radius 2 is 2.11 bits per heavy atom. The quantitative estimate of drug-likeness (QED) is 0.248. The van der Waals surface area contributed by atoms with Crippen molar-refractivity contribution in [3.63, 3.8) is 0 Å². The zero-order valence-corrected chi connectivity index (χ0v) is 10.2. The molecule has 0 atom stereocenters. The molecule has 7 nitrogen and oxygen atoms in total. The van der Waals surface area contributed by atoms with Crippen molar-refractivity contribution in [2.45, 2.75) is 0 Å². The summed E-state index contributed by atoms with van der Waals surface area (Å²) in [6.45, 7) is 0. The average molecular weight is 252 g/mol. The van der Waals surface area contributed by atoms with Gasteiger partial charge in [-0.2, -0.15) is 0 Å². The molecule has 0 aliphatic carbocycles. The zero-order chi connectivity index (χ0) is 13.7. The van der Waals surface area contributed by atoms with Crippen molar-refractivity contribution in [3.05, 3.63) is 35.8 Å². The lowest BCUT2D eigenvalue weighted by Crippen LogP contribution is -2.31. The SMILES string of the molecule is CN(C)c1cccc(O/C(NN)=C(/N)C(=O)O)c1. The van der Waals surface area contributed by atoms with Crippen LogP contribution in [0.15, 0.2) is 35.8 Å². The standard InChI is InChI=1S/C11H16N4O3/c1-15(2)7-4-3-5-8(6-7)18-10(14-13)9(12)11(16)17/h3-6,14H,12-13H2,1-2H3,(H,16,17)/b10-9+. The van der Waals surface area contributed by atoms with Gasteiger partial charge in [-0.15, -0.1) is 0 Å². The van der Waals surface area contributed by atoms with E-state index in [2.05, 4.69) is 5.43 Å². The second kappa shape index (κ2) is 5.78. The van der Waals surface area contributed by atoms with Gasteiger partial charge in [0.2, 0.25) is 5.88 Å². The molecule has 1 aromatic rings. The number of nitrogens with two attached hydrogens (primary N) is 2. The maximum Gasteiger partial charge on any atom is 0.357 e. The lowest BCUT2D eigenvalue weighted by molar-refractivity contribution is -0.132. The van der Waals surface area contributed by atoms with Gasteiger partial charge in [0, 0.05) is 25.8 Å². The van der Waals surface area contributed by atoms with Gasteiger partial charge < -0.3 is 20.5 Å². The van der Waals surface area contributed by atoms with Gasteiger partial charge in [-0.25, -0.2) is 10.6 Å². The van der Waals surface area contributed by atoms with Gasteiger partial charge in [0.25, 0.3) is 0 Å². The number of carbonyl (C=O) groups is 1. The van der Waals surface area contributed by atoms with Crippen molar-refractivity contribution >= 4 is 11.7 Å². The van der Waals surface area contributed by atoms with Gasteiger partial charge in [0.05, 0.1) is 0 Å². The Balaban J connectivity index is 2.99. The Kier molecular flexibility index (Phi) is 4.39. The number of rotatable bonds is 5. The van der Waals surface area contributed by atoms with E-state index in [0.29, 0.717) is 5.75 Å². The largest absolute Gasteiger partial charge is 0.476 e. The number of benzene rings is 1. The number of aliphatic carboxylic acids is 1. The Hall–Kier alpha value is -2.41. The van der Waals surface area contributed by atoms with Crippen LogP contribution in [0.3, 0.4) is 0 Å². The minimum absolute atomic E-state index is 0.210. The topological polar surface area (TPSA) is 114 Å². The van der Waals surface area contributed by atoms with E-state index in [1.165, 1.54) is 0 Å². The molecule has 1 aromatic carbocycles. The molecule has 0 unspecified atom stereocenters. The van der Waals surface area contributed by atoms with Gasteiger partial charge in [0.1, 0.15) is 5.75 Å². The summed E-state index contributed by atoms with van der Waals surface area (Å²) in [4.78, 5) is 12.6. The molecule has 0 heterocycles. The Bertz CT molecular complexity index is 471. The van der Waals surface area contributed by atoms with Crippen molar-refractivity contribution < 1.29 is 14.6 Å². The van der Waals surface area contributed by atoms with Gasteiger partial charge in [0.15, 0.2) is 5.70 Å². The summed E-state index contributed by atoms with van der Waals surface area (Å²) in [5.74, 6) is 4.08. The molecule has 18 heavy (non-hydrogen) atoms. The number of hydrogen-bond acceptors (Lipinski definition) is 6.